The number of fused-ring (bicyclic) bond motifs is 1. The summed E-state index contributed by atoms with van der Waals surface area (Å²) in [5.74, 6) is 2.25. The van der Waals surface area contributed by atoms with Gasteiger partial charge in [0.25, 0.3) is 0 Å². The van der Waals surface area contributed by atoms with Crippen molar-refractivity contribution in [2.45, 2.75) is 50.9 Å². The van der Waals surface area contributed by atoms with Crippen molar-refractivity contribution in [1.82, 2.24) is 5.32 Å². The van der Waals surface area contributed by atoms with Crippen molar-refractivity contribution in [3.8, 4) is 17.2 Å². The summed E-state index contributed by atoms with van der Waals surface area (Å²) in [6.45, 7) is 0.943. The highest BCUT2D eigenvalue weighted by molar-refractivity contribution is 5.52. The lowest BCUT2D eigenvalue weighted by Gasteiger charge is -2.23. The number of aliphatic hydroxyl groups is 1. The van der Waals surface area contributed by atoms with Gasteiger partial charge in [-0.1, -0.05) is 12.8 Å². The van der Waals surface area contributed by atoms with E-state index in [1.54, 1.807) is 0 Å². The van der Waals surface area contributed by atoms with E-state index in [-0.39, 0.29) is 19.0 Å². The number of hydrogen-bond donors (Lipinski definition) is 2. The van der Waals surface area contributed by atoms with E-state index in [2.05, 4.69) is 5.32 Å². The lowest BCUT2D eigenvalue weighted by molar-refractivity contribution is 0.0313. The standard InChI is InChI=1S/C16H23NO4/c1-17-9-11-7-15-16(20-10-19-15)8-14(11)21-13-6-4-2-3-5-12(13)18/h7-8,12-13,17-18H,2-6,9-10H2,1H3. The number of ether oxygens (including phenoxy) is 3. The highest BCUT2D eigenvalue weighted by Crippen LogP contribution is 2.39. The number of aliphatic hydroxyl groups excluding tert-OH is 1. The molecule has 1 aliphatic heterocycles. The number of rotatable bonds is 4. The third-order valence-electron chi connectivity index (χ3n) is 4.12. The predicted molar refractivity (Wildman–Crippen MR) is 78.8 cm³/mol. The summed E-state index contributed by atoms with van der Waals surface area (Å²) in [5, 5.41) is 13.4. The smallest absolute Gasteiger partial charge is 0.231 e. The Kier molecular flexibility index (Phi) is 4.51. The number of nitrogens with one attached hydrogen (secondary N) is 1. The van der Waals surface area contributed by atoms with Gasteiger partial charge < -0.3 is 24.6 Å². The molecule has 2 aliphatic rings. The van der Waals surface area contributed by atoms with Crippen LogP contribution < -0.4 is 19.5 Å². The second-order valence-electron chi connectivity index (χ2n) is 5.71. The van der Waals surface area contributed by atoms with Crippen LogP contribution in [0.5, 0.6) is 17.2 Å². The molecule has 2 unspecified atom stereocenters. The van der Waals surface area contributed by atoms with Crippen molar-refractivity contribution in [2.75, 3.05) is 13.8 Å². The number of benzene rings is 1. The molecule has 1 fully saturated rings. The average molecular weight is 293 g/mol. The van der Waals surface area contributed by atoms with E-state index in [4.69, 9.17) is 14.2 Å². The summed E-state index contributed by atoms with van der Waals surface area (Å²) < 4.78 is 17.0. The topological polar surface area (TPSA) is 60.0 Å². The fraction of sp³-hybridized carbons (Fsp3) is 0.625. The van der Waals surface area contributed by atoms with E-state index in [0.29, 0.717) is 12.3 Å². The molecule has 0 aromatic heterocycles. The Labute approximate surface area is 125 Å². The summed E-state index contributed by atoms with van der Waals surface area (Å²) in [4.78, 5) is 0. The van der Waals surface area contributed by atoms with Gasteiger partial charge in [0, 0.05) is 18.2 Å². The molecule has 1 aromatic rings. The predicted octanol–water partition coefficient (Wildman–Crippen LogP) is 2.21. The first kappa shape index (κ1) is 14.5. The normalized spacial score (nSPS) is 24.7. The van der Waals surface area contributed by atoms with Crippen LogP contribution in [0.3, 0.4) is 0 Å². The van der Waals surface area contributed by atoms with Gasteiger partial charge in [0.15, 0.2) is 11.5 Å². The second kappa shape index (κ2) is 6.54. The van der Waals surface area contributed by atoms with Crippen LogP contribution in [0, 0.1) is 0 Å². The molecule has 0 saturated heterocycles. The third kappa shape index (κ3) is 3.24. The van der Waals surface area contributed by atoms with E-state index in [1.165, 1.54) is 6.42 Å². The molecule has 2 atom stereocenters. The second-order valence-corrected chi connectivity index (χ2v) is 5.71. The Hall–Kier alpha value is -1.46. The molecule has 2 N–H and O–H groups in total. The van der Waals surface area contributed by atoms with Crippen LogP contribution in [0.2, 0.25) is 0 Å². The quantitative estimate of drug-likeness (QED) is 0.834. The molecule has 0 bridgehead atoms. The molecular formula is C16H23NO4. The molecule has 1 aliphatic carbocycles. The molecule has 1 heterocycles. The third-order valence-corrected chi connectivity index (χ3v) is 4.12. The minimum Gasteiger partial charge on any atom is -0.487 e. The van der Waals surface area contributed by atoms with Crippen molar-refractivity contribution in [2.24, 2.45) is 0 Å². The molecule has 21 heavy (non-hydrogen) atoms. The zero-order chi connectivity index (χ0) is 14.7. The van der Waals surface area contributed by atoms with Crippen molar-refractivity contribution in [3.05, 3.63) is 17.7 Å². The van der Waals surface area contributed by atoms with Gasteiger partial charge in [0.05, 0.1) is 6.10 Å². The largest absolute Gasteiger partial charge is 0.487 e. The van der Waals surface area contributed by atoms with Crippen LogP contribution in [0.15, 0.2) is 12.1 Å². The lowest BCUT2D eigenvalue weighted by atomic mass is 10.1. The van der Waals surface area contributed by atoms with Gasteiger partial charge >= 0.3 is 0 Å². The Balaban J connectivity index is 1.82. The summed E-state index contributed by atoms with van der Waals surface area (Å²) in [6.07, 6.45) is 4.54. The van der Waals surface area contributed by atoms with Crippen molar-refractivity contribution < 1.29 is 19.3 Å². The maximum atomic E-state index is 10.2. The average Bonchev–Trinajstić information content (AvgIpc) is 2.83. The van der Waals surface area contributed by atoms with E-state index in [1.807, 2.05) is 19.2 Å². The Morgan fingerprint density at radius 1 is 1.19 bits per heavy atom. The van der Waals surface area contributed by atoms with Gasteiger partial charge in [-0.15, -0.1) is 0 Å². The Morgan fingerprint density at radius 3 is 2.76 bits per heavy atom. The first-order chi connectivity index (χ1) is 10.3. The van der Waals surface area contributed by atoms with Gasteiger partial charge in [0.2, 0.25) is 6.79 Å². The van der Waals surface area contributed by atoms with Gasteiger partial charge in [-0.3, -0.25) is 0 Å². The molecule has 5 nitrogen and oxygen atoms in total. The Bertz CT molecular complexity index is 491. The molecule has 0 spiro atoms. The first-order valence-electron chi connectivity index (χ1n) is 7.70. The van der Waals surface area contributed by atoms with Crippen LogP contribution >= 0.6 is 0 Å². The summed E-state index contributed by atoms with van der Waals surface area (Å²) >= 11 is 0. The minimum atomic E-state index is -0.389. The maximum Gasteiger partial charge on any atom is 0.231 e. The maximum absolute atomic E-state index is 10.2. The highest BCUT2D eigenvalue weighted by atomic mass is 16.7. The summed E-state index contributed by atoms with van der Waals surface area (Å²) in [5.41, 5.74) is 1.03. The first-order valence-corrected chi connectivity index (χ1v) is 7.70. The van der Waals surface area contributed by atoms with E-state index < -0.39 is 0 Å². The fourth-order valence-corrected chi connectivity index (χ4v) is 2.96. The van der Waals surface area contributed by atoms with Crippen LogP contribution in [-0.4, -0.2) is 31.2 Å². The molecule has 5 heteroatoms. The minimum absolute atomic E-state index is 0.136. The molecule has 116 valence electrons. The fourth-order valence-electron chi connectivity index (χ4n) is 2.96. The summed E-state index contributed by atoms with van der Waals surface area (Å²) in [7, 11) is 1.90. The van der Waals surface area contributed by atoms with E-state index in [0.717, 1.165) is 42.7 Å². The lowest BCUT2D eigenvalue weighted by Crippen LogP contribution is -2.31. The monoisotopic (exact) mass is 293 g/mol. The summed E-state index contributed by atoms with van der Waals surface area (Å²) in [6, 6.07) is 3.84. The van der Waals surface area contributed by atoms with E-state index >= 15 is 0 Å². The zero-order valence-electron chi connectivity index (χ0n) is 12.4. The van der Waals surface area contributed by atoms with Gasteiger partial charge in [-0.2, -0.15) is 0 Å². The van der Waals surface area contributed by atoms with Gasteiger partial charge in [0.1, 0.15) is 11.9 Å². The van der Waals surface area contributed by atoms with Gasteiger partial charge in [-0.25, -0.2) is 0 Å². The van der Waals surface area contributed by atoms with Crippen molar-refractivity contribution >= 4 is 0 Å². The molecule has 1 aromatic carbocycles. The van der Waals surface area contributed by atoms with Gasteiger partial charge in [-0.05, 0) is 32.4 Å². The van der Waals surface area contributed by atoms with Crippen LogP contribution in [-0.2, 0) is 6.54 Å². The van der Waals surface area contributed by atoms with Crippen LogP contribution in [0.25, 0.3) is 0 Å². The molecule has 1 saturated carbocycles. The van der Waals surface area contributed by atoms with E-state index in [9.17, 15) is 5.11 Å². The molecule has 3 rings (SSSR count). The molecular weight excluding hydrogens is 270 g/mol. The SMILES string of the molecule is CNCc1cc2c(cc1OC1CCCCCC1O)OCO2. The highest BCUT2D eigenvalue weighted by Gasteiger charge is 2.25. The zero-order valence-corrected chi connectivity index (χ0v) is 12.4. The van der Waals surface area contributed by atoms with Crippen LogP contribution in [0.4, 0.5) is 0 Å². The Morgan fingerprint density at radius 2 is 1.95 bits per heavy atom. The van der Waals surface area contributed by atoms with Crippen LogP contribution in [0.1, 0.15) is 37.7 Å². The molecule has 0 amide bonds. The van der Waals surface area contributed by atoms with Crippen molar-refractivity contribution in [1.29, 1.82) is 0 Å². The molecule has 0 radical (unpaired) electrons. The van der Waals surface area contributed by atoms with Crippen molar-refractivity contribution in [3.63, 3.8) is 0 Å². The number of hydrogen-bond acceptors (Lipinski definition) is 5.